The topological polar surface area (TPSA) is 65.6 Å². The molecule has 0 amide bonds. The average Bonchev–Trinajstić information content (AvgIpc) is 2.60. The maximum atomic E-state index is 5.49. The SMILES string of the molecule is CC(C)NC(=S)Nc1nc(N2CCOCC2)cc(N2C[C@H](C)C[C@@H](C)C2)n1. The molecule has 3 rings (SSSR count). The van der Waals surface area contributed by atoms with Gasteiger partial charge < -0.3 is 25.2 Å². The molecule has 150 valence electrons. The average molecular weight is 393 g/mol. The predicted molar refractivity (Wildman–Crippen MR) is 115 cm³/mol. The Kier molecular flexibility index (Phi) is 6.70. The Balaban J connectivity index is 1.86. The molecule has 2 aliphatic rings. The number of aromatic nitrogens is 2. The lowest BCUT2D eigenvalue weighted by Crippen LogP contribution is -2.40. The van der Waals surface area contributed by atoms with Gasteiger partial charge in [0.1, 0.15) is 11.6 Å². The highest BCUT2D eigenvalue weighted by molar-refractivity contribution is 7.80. The lowest BCUT2D eigenvalue weighted by atomic mass is 9.92. The van der Waals surface area contributed by atoms with Crippen LogP contribution in [0.2, 0.25) is 0 Å². The normalized spacial score (nSPS) is 23.4. The van der Waals surface area contributed by atoms with Crippen LogP contribution in [0.3, 0.4) is 0 Å². The number of ether oxygens (including phenoxy) is 1. The molecule has 0 radical (unpaired) electrons. The van der Waals surface area contributed by atoms with Crippen LogP contribution in [0.1, 0.15) is 34.1 Å². The Bertz CT molecular complexity index is 639. The lowest BCUT2D eigenvalue weighted by Gasteiger charge is -2.36. The fraction of sp³-hybridized carbons (Fsp3) is 0.737. The van der Waals surface area contributed by atoms with Crippen LogP contribution in [-0.2, 0) is 4.74 Å². The molecule has 3 heterocycles. The molecule has 1 aromatic heterocycles. The number of hydrogen-bond donors (Lipinski definition) is 2. The van der Waals surface area contributed by atoms with Crippen molar-refractivity contribution in [1.29, 1.82) is 0 Å². The van der Waals surface area contributed by atoms with Crippen molar-refractivity contribution in [2.24, 2.45) is 11.8 Å². The summed E-state index contributed by atoms with van der Waals surface area (Å²) in [6.45, 7) is 13.9. The summed E-state index contributed by atoms with van der Waals surface area (Å²) >= 11 is 5.40. The monoisotopic (exact) mass is 392 g/mol. The largest absolute Gasteiger partial charge is 0.378 e. The van der Waals surface area contributed by atoms with Crippen LogP contribution in [0.4, 0.5) is 17.6 Å². The van der Waals surface area contributed by atoms with Crippen LogP contribution in [0.25, 0.3) is 0 Å². The van der Waals surface area contributed by atoms with Gasteiger partial charge in [0.2, 0.25) is 5.95 Å². The van der Waals surface area contributed by atoms with Crippen molar-refractivity contribution < 1.29 is 4.74 Å². The molecule has 1 aromatic rings. The van der Waals surface area contributed by atoms with Gasteiger partial charge in [-0.25, -0.2) is 0 Å². The van der Waals surface area contributed by atoms with E-state index in [2.05, 4.69) is 54.2 Å². The zero-order valence-electron chi connectivity index (χ0n) is 16.9. The second kappa shape index (κ2) is 9.01. The van der Waals surface area contributed by atoms with Crippen molar-refractivity contribution in [3.63, 3.8) is 0 Å². The summed E-state index contributed by atoms with van der Waals surface area (Å²) in [6, 6.07) is 2.37. The van der Waals surface area contributed by atoms with Gasteiger partial charge in [-0.05, 0) is 44.3 Å². The fourth-order valence-electron chi connectivity index (χ4n) is 3.84. The zero-order valence-corrected chi connectivity index (χ0v) is 17.7. The highest BCUT2D eigenvalue weighted by Gasteiger charge is 2.25. The van der Waals surface area contributed by atoms with Gasteiger partial charge in [0.25, 0.3) is 0 Å². The van der Waals surface area contributed by atoms with Crippen LogP contribution in [0.15, 0.2) is 6.07 Å². The van der Waals surface area contributed by atoms with E-state index in [-0.39, 0.29) is 6.04 Å². The van der Waals surface area contributed by atoms with Crippen molar-refractivity contribution in [3.05, 3.63) is 6.07 Å². The van der Waals surface area contributed by atoms with Crippen molar-refractivity contribution >= 4 is 34.9 Å². The standard InChI is InChI=1S/C19H32N6OS/c1-13(2)20-19(27)23-18-21-16(24-5-7-26-8-6-24)10-17(22-18)25-11-14(3)9-15(4)12-25/h10,13-15H,5-9,11-12H2,1-4H3,(H2,20,21,22,23,27)/t14-,15-/m1/s1. The first kappa shape index (κ1) is 20.1. The van der Waals surface area contributed by atoms with Crippen LogP contribution >= 0.6 is 12.2 Å². The number of hydrogen-bond acceptors (Lipinski definition) is 6. The highest BCUT2D eigenvalue weighted by atomic mass is 32.1. The molecule has 0 spiro atoms. The zero-order chi connectivity index (χ0) is 19.4. The van der Waals surface area contributed by atoms with Crippen LogP contribution in [-0.4, -0.2) is 60.5 Å². The number of piperidine rings is 1. The van der Waals surface area contributed by atoms with E-state index < -0.39 is 0 Å². The number of nitrogens with zero attached hydrogens (tertiary/aromatic N) is 4. The summed E-state index contributed by atoms with van der Waals surface area (Å²) in [5.41, 5.74) is 0. The van der Waals surface area contributed by atoms with E-state index >= 15 is 0 Å². The summed E-state index contributed by atoms with van der Waals surface area (Å²) in [5.74, 6) is 3.79. The number of thiocarbonyl (C=S) groups is 1. The Labute approximate surface area is 167 Å². The number of rotatable bonds is 4. The van der Waals surface area contributed by atoms with E-state index in [0.717, 1.165) is 51.0 Å². The molecule has 0 saturated carbocycles. The molecule has 2 aliphatic heterocycles. The molecule has 2 N–H and O–H groups in total. The number of anilines is 3. The minimum Gasteiger partial charge on any atom is -0.378 e. The van der Waals surface area contributed by atoms with Gasteiger partial charge in [-0.1, -0.05) is 13.8 Å². The van der Waals surface area contributed by atoms with E-state index in [1.54, 1.807) is 0 Å². The minimum atomic E-state index is 0.260. The number of morpholine rings is 1. The summed E-state index contributed by atoms with van der Waals surface area (Å²) in [7, 11) is 0. The predicted octanol–water partition coefficient (Wildman–Crippen LogP) is 2.49. The van der Waals surface area contributed by atoms with Crippen molar-refractivity contribution in [1.82, 2.24) is 15.3 Å². The number of nitrogens with one attached hydrogen (secondary N) is 2. The molecule has 2 atom stereocenters. The third kappa shape index (κ3) is 5.65. The molecular weight excluding hydrogens is 360 g/mol. The van der Waals surface area contributed by atoms with Crippen molar-refractivity contribution in [3.8, 4) is 0 Å². The van der Waals surface area contributed by atoms with E-state index in [1.165, 1.54) is 6.42 Å². The first-order valence-electron chi connectivity index (χ1n) is 9.95. The molecule has 8 heteroatoms. The Morgan fingerprint density at radius 3 is 2.30 bits per heavy atom. The summed E-state index contributed by atoms with van der Waals surface area (Å²) in [6.07, 6.45) is 1.27. The third-order valence-electron chi connectivity index (χ3n) is 4.87. The minimum absolute atomic E-state index is 0.260. The molecular formula is C19H32N6OS. The molecule has 0 aliphatic carbocycles. The van der Waals surface area contributed by atoms with Gasteiger partial charge in [-0.2, -0.15) is 9.97 Å². The lowest BCUT2D eigenvalue weighted by molar-refractivity contribution is 0.122. The van der Waals surface area contributed by atoms with E-state index in [9.17, 15) is 0 Å². The van der Waals surface area contributed by atoms with E-state index in [0.29, 0.717) is 22.9 Å². The van der Waals surface area contributed by atoms with Crippen molar-refractivity contribution in [2.75, 3.05) is 54.5 Å². The van der Waals surface area contributed by atoms with Gasteiger partial charge in [0.15, 0.2) is 5.11 Å². The van der Waals surface area contributed by atoms with Gasteiger partial charge in [-0.3, -0.25) is 0 Å². The van der Waals surface area contributed by atoms with Gasteiger partial charge in [0.05, 0.1) is 13.2 Å². The van der Waals surface area contributed by atoms with Gasteiger partial charge >= 0.3 is 0 Å². The molecule has 7 nitrogen and oxygen atoms in total. The Morgan fingerprint density at radius 2 is 1.70 bits per heavy atom. The van der Waals surface area contributed by atoms with Crippen LogP contribution < -0.4 is 20.4 Å². The molecule has 0 aromatic carbocycles. The Morgan fingerprint density at radius 1 is 1.11 bits per heavy atom. The van der Waals surface area contributed by atoms with Gasteiger partial charge in [-0.15, -0.1) is 0 Å². The third-order valence-corrected chi connectivity index (χ3v) is 5.09. The van der Waals surface area contributed by atoms with Gasteiger partial charge in [0, 0.05) is 38.3 Å². The van der Waals surface area contributed by atoms with E-state index in [4.69, 9.17) is 26.9 Å². The van der Waals surface area contributed by atoms with E-state index in [1.807, 2.05) is 0 Å². The first-order valence-corrected chi connectivity index (χ1v) is 10.4. The summed E-state index contributed by atoms with van der Waals surface area (Å²) in [5, 5.41) is 6.92. The smallest absolute Gasteiger partial charge is 0.232 e. The molecule has 2 fully saturated rings. The second-order valence-electron chi connectivity index (χ2n) is 8.11. The van der Waals surface area contributed by atoms with Crippen LogP contribution in [0, 0.1) is 11.8 Å². The Hall–Kier alpha value is -1.67. The highest BCUT2D eigenvalue weighted by Crippen LogP contribution is 2.28. The molecule has 0 bridgehead atoms. The van der Waals surface area contributed by atoms with Crippen molar-refractivity contribution in [2.45, 2.75) is 40.2 Å². The molecule has 0 unspecified atom stereocenters. The summed E-state index contributed by atoms with van der Waals surface area (Å²) < 4.78 is 5.49. The summed E-state index contributed by atoms with van der Waals surface area (Å²) in [4.78, 5) is 14.2. The maximum absolute atomic E-state index is 5.49. The molecule has 2 saturated heterocycles. The second-order valence-corrected chi connectivity index (χ2v) is 8.52. The fourth-order valence-corrected chi connectivity index (χ4v) is 4.17. The first-order chi connectivity index (χ1) is 12.9. The molecule has 27 heavy (non-hydrogen) atoms. The maximum Gasteiger partial charge on any atom is 0.232 e. The van der Waals surface area contributed by atoms with Crippen LogP contribution in [0.5, 0.6) is 0 Å². The quantitative estimate of drug-likeness (QED) is 0.758.